The summed E-state index contributed by atoms with van der Waals surface area (Å²) in [6, 6.07) is 8.99. The molecule has 1 aromatic carbocycles. The molecule has 5 heteroatoms. The molecule has 15 heavy (non-hydrogen) atoms. The van der Waals surface area contributed by atoms with Gasteiger partial charge in [-0.25, -0.2) is 0 Å². The standard InChI is InChI=1S/C10H13N3O2/c1-7(9(11)13-15)10(14)12-8-5-3-2-4-6-8/h2-7,15H,1H3,(H2,11,13)(H,12,14). The summed E-state index contributed by atoms with van der Waals surface area (Å²) in [6.45, 7) is 1.56. The van der Waals surface area contributed by atoms with Gasteiger partial charge in [0, 0.05) is 5.69 Å². The molecule has 0 heterocycles. The van der Waals surface area contributed by atoms with Gasteiger partial charge in [-0.2, -0.15) is 0 Å². The van der Waals surface area contributed by atoms with Crippen molar-refractivity contribution in [3.05, 3.63) is 30.3 Å². The van der Waals surface area contributed by atoms with Crippen molar-refractivity contribution >= 4 is 17.4 Å². The van der Waals surface area contributed by atoms with E-state index in [2.05, 4.69) is 10.5 Å². The van der Waals surface area contributed by atoms with E-state index in [-0.39, 0.29) is 11.7 Å². The molecule has 1 rings (SSSR count). The molecule has 5 nitrogen and oxygen atoms in total. The Bertz CT molecular complexity index is 362. The van der Waals surface area contributed by atoms with E-state index in [1.165, 1.54) is 0 Å². The zero-order valence-corrected chi connectivity index (χ0v) is 8.34. The maximum absolute atomic E-state index is 11.5. The minimum atomic E-state index is -0.657. The number of anilines is 1. The highest BCUT2D eigenvalue weighted by Crippen LogP contribution is 2.07. The Morgan fingerprint density at radius 2 is 2.07 bits per heavy atom. The third kappa shape index (κ3) is 2.98. The number of nitrogens with one attached hydrogen (secondary N) is 1. The summed E-state index contributed by atoms with van der Waals surface area (Å²) >= 11 is 0. The van der Waals surface area contributed by atoms with Gasteiger partial charge < -0.3 is 16.3 Å². The van der Waals surface area contributed by atoms with Gasteiger partial charge in [0.15, 0.2) is 5.84 Å². The number of carbonyl (C=O) groups excluding carboxylic acids is 1. The van der Waals surface area contributed by atoms with Crippen LogP contribution in [0.4, 0.5) is 5.69 Å². The molecule has 0 aromatic heterocycles. The van der Waals surface area contributed by atoms with Crippen LogP contribution in [0.2, 0.25) is 0 Å². The van der Waals surface area contributed by atoms with Crippen molar-refractivity contribution in [2.45, 2.75) is 6.92 Å². The molecule has 0 aliphatic carbocycles. The van der Waals surface area contributed by atoms with Crippen molar-refractivity contribution in [2.75, 3.05) is 5.32 Å². The van der Waals surface area contributed by atoms with Crippen molar-refractivity contribution in [1.82, 2.24) is 0 Å². The van der Waals surface area contributed by atoms with Crippen LogP contribution in [0.5, 0.6) is 0 Å². The first-order valence-corrected chi connectivity index (χ1v) is 4.48. The molecule has 1 amide bonds. The predicted octanol–water partition coefficient (Wildman–Crippen LogP) is 1.01. The maximum Gasteiger partial charge on any atom is 0.234 e. The molecule has 0 radical (unpaired) electrons. The van der Waals surface area contributed by atoms with Crippen molar-refractivity contribution in [3.63, 3.8) is 0 Å². The molecule has 80 valence electrons. The van der Waals surface area contributed by atoms with Crippen LogP contribution in [0, 0.1) is 5.92 Å². The van der Waals surface area contributed by atoms with E-state index in [1.807, 2.05) is 18.2 Å². The lowest BCUT2D eigenvalue weighted by atomic mass is 10.1. The second-order valence-electron chi connectivity index (χ2n) is 3.10. The Hall–Kier alpha value is -2.04. The van der Waals surface area contributed by atoms with Crippen molar-refractivity contribution in [1.29, 1.82) is 0 Å². The van der Waals surface area contributed by atoms with Crippen molar-refractivity contribution in [3.8, 4) is 0 Å². The van der Waals surface area contributed by atoms with Crippen molar-refractivity contribution < 1.29 is 10.0 Å². The maximum atomic E-state index is 11.5. The summed E-state index contributed by atoms with van der Waals surface area (Å²) in [4.78, 5) is 11.5. The molecule has 0 fully saturated rings. The Morgan fingerprint density at radius 1 is 1.47 bits per heavy atom. The first kappa shape index (κ1) is 11.0. The third-order valence-corrected chi connectivity index (χ3v) is 1.99. The molecule has 0 bridgehead atoms. The lowest BCUT2D eigenvalue weighted by molar-refractivity contribution is -0.117. The molecule has 1 unspecified atom stereocenters. The number of rotatable bonds is 3. The van der Waals surface area contributed by atoms with E-state index in [0.717, 1.165) is 0 Å². The molecule has 1 atom stereocenters. The Morgan fingerprint density at radius 3 is 2.60 bits per heavy atom. The van der Waals surface area contributed by atoms with Crippen LogP contribution in [-0.4, -0.2) is 17.0 Å². The average Bonchev–Trinajstić information content (AvgIpc) is 2.28. The van der Waals surface area contributed by atoms with Crippen LogP contribution in [0.3, 0.4) is 0 Å². The van der Waals surface area contributed by atoms with Gasteiger partial charge in [-0.15, -0.1) is 0 Å². The van der Waals surface area contributed by atoms with Crippen molar-refractivity contribution in [2.24, 2.45) is 16.8 Å². The van der Waals surface area contributed by atoms with Gasteiger partial charge in [-0.3, -0.25) is 4.79 Å². The van der Waals surface area contributed by atoms with Gasteiger partial charge in [0.1, 0.15) is 0 Å². The smallest absolute Gasteiger partial charge is 0.234 e. The largest absolute Gasteiger partial charge is 0.409 e. The molecule has 1 aromatic rings. The molecule has 4 N–H and O–H groups in total. The number of nitrogens with zero attached hydrogens (tertiary/aromatic N) is 1. The molecule has 0 saturated carbocycles. The van der Waals surface area contributed by atoms with E-state index in [9.17, 15) is 4.79 Å². The summed E-state index contributed by atoms with van der Waals surface area (Å²) in [5, 5.41) is 13.8. The van der Waals surface area contributed by atoms with Crippen LogP contribution in [0.25, 0.3) is 0 Å². The fraction of sp³-hybridized carbons (Fsp3) is 0.200. The molecular formula is C10H13N3O2. The van der Waals surface area contributed by atoms with Gasteiger partial charge in [0.25, 0.3) is 0 Å². The van der Waals surface area contributed by atoms with Gasteiger partial charge in [-0.05, 0) is 19.1 Å². The van der Waals surface area contributed by atoms with E-state index in [0.29, 0.717) is 5.69 Å². The summed E-state index contributed by atoms with van der Waals surface area (Å²) in [7, 11) is 0. The number of hydrogen-bond donors (Lipinski definition) is 3. The van der Waals surface area contributed by atoms with Gasteiger partial charge in [0.05, 0.1) is 5.92 Å². The number of carbonyl (C=O) groups is 1. The van der Waals surface area contributed by atoms with E-state index < -0.39 is 5.92 Å². The zero-order valence-electron chi connectivity index (χ0n) is 8.34. The highest BCUT2D eigenvalue weighted by Gasteiger charge is 2.17. The molecule has 0 spiro atoms. The number of hydrogen-bond acceptors (Lipinski definition) is 3. The van der Waals surface area contributed by atoms with Gasteiger partial charge >= 0.3 is 0 Å². The SMILES string of the molecule is CC(C(=O)Nc1ccccc1)C(N)=NO. The Labute approximate surface area is 87.6 Å². The molecular weight excluding hydrogens is 194 g/mol. The first-order valence-electron chi connectivity index (χ1n) is 4.48. The quantitative estimate of drug-likeness (QED) is 0.299. The van der Waals surface area contributed by atoms with Crippen LogP contribution < -0.4 is 11.1 Å². The highest BCUT2D eigenvalue weighted by molar-refractivity contribution is 6.07. The number of amidine groups is 1. The Kier molecular flexibility index (Phi) is 3.68. The van der Waals surface area contributed by atoms with Crippen LogP contribution in [0.15, 0.2) is 35.5 Å². The number of amides is 1. The van der Waals surface area contributed by atoms with E-state index >= 15 is 0 Å². The summed E-state index contributed by atoms with van der Waals surface area (Å²) < 4.78 is 0. The molecule has 0 aliphatic rings. The fourth-order valence-electron chi connectivity index (χ4n) is 0.993. The predicted molar refractivity (Wildman–Crippen MR) is 57.6 cm³/mol. The van der Waals surface area contributed by atoms with E-state index in [1.54, 1.807) is 19.1 Å². The monoisotopic (exact) mass is 207 g/mol. The van der Waals surface area contributed by atoms with Crippen LogP contribution in [0.1, 0.15) is 6.92 Å². The molecule has 0 saturated heterocycles. The minimum Gasteiger partial charge on any atom is -0.409 e. The van der Waals surface area contributed by atoms with Crippen LogP contribution >= 0.6 is 0 Å². The molecule has 0 aliphatic heterocycles. The number of oxime groups is 1. The summed E-state index contributed by atoms with van der Waals surface area (Å²) in [6.07, 6.45) is 0. The lowest BCUT2D eigenvalue weighted by Gasteiger charge is -2.10. The second-order valence-corrected chi connectivity index (χ2v) is 3.10. The number of para-hydroxylation sites is 1. The van der Waals surface area contributed by atoms with Crippen LogP contribution in [-0.2, 0) is 4.79 Å². The van der Waals surface area contributed by atoms with Gasteiger partial charge in [-0.1, -0.05) is 23.4 Å². The first-order chi connectivity index (χ1) is 7.15. The zero-order chi connectivity index (χ0) is 11.3. The normalized spacial score (nSPS) is 13.3. The number of benzene rings is 1. The fourth-order valence-corrected chi connectivity index (χ4v) is 0.993. The van der Waals surface area contributed by atoms with Gasteiger partial charge in [0.2, 0.25) is 5.91 Å². The topological polar surface area (TPSA) is 87.7 Å². The summed E-state index contributed by atoms with van der Waals surface area (Å²) in [5.74, 6) is -1.07. The lowest BCUT2D eigenvalue weighted by Crippen LogP contribution is -2.32. The second kappa shape index (κ2) is 4.99. The van der Waals surface area contributed by atoms with E-state index in [4.69, 9.17) is 10.9 Å². The highest BCUT2D eigenvalue weighted by atomic mass is 16.4. The minimum absolute atomic E-state index is 0.108. The Balaban J connectivity index is 2.64. The third-order valence-electron chi connectivity index (χ3n) is 1.99. The number of nitrogens with two attached hydrogens (primary N) is 1. The average molecular weight is 207 g/mol. The summed E-state index contributed by atoms with van der Waals surface area (Å²) in [5.41, 5.74) is 5.99.